The van der Waals surface area contributed by atoms with Gasteiger partial charge in [-0.15, -0.1) is 0 Å². The van der Waals surface area contributed by atoms with Crippen LogP contribution in [0.15, 0.2) is 36.5 Å². The third kappa shape index (κ3) is 5.62. The van der Waals surface area contributed by atoms with Gasteiger partial charge in [-0.25, -0.2) is 9.67 Å². The van der Waals surface area contributed by atoms with Gasteiger partial charge in [-0.05, 0) is 30.0 Å². The summed E-state index contributed by atoms with van der Waals surface area (Å²) in [6.07, 6.45) is -2.25. The van der Waals surface area contributed by atoms with Crippen molar-refractivity contribution in [3.8, 4) is 0 Å². The lowest BCUT2D eigenvalue weighted by Gasteiger charge is -2.18. The second-order valence-electron chi connectivity index (χ2n) is 9.04. The molecule has 3 unspecified atom stereocenters. The maximum Gasteiger partial charge on any atom is 0.340 e. The van der Waals surface area contributed by atoms with E-state index in [0.29, 0.717) is 11.1 Å². The lowest BCUT2D eigenvalue weighted by Crippen LogP contribution is -2.33. The lowest BCUT2D eigenvalue weighted by atomic mass is 10.1. The van der Waals surface area contributed by atoms with E-state index in [0.717, 1.165) is 12.8 Å². The van der Waals surface area contributed by atoms with Gasteiger partial charge < -0.3 is 39.5 Å². The number of hydrogen-bond acceptors (Lipinski definition) is 9. The highest BCUT2D eigenvalue weighted by Crippen LogP contribution is 2.55. The first-order chi connectivity index (χ1) is 17.4. The molecule has 6 N–H and O–H groups in total. The summed E-state index contributed by atoms with van der Waals surface area (Å²) in [5, 5.41) is 29.6. The van der Waals surface area contributed by atoms with E-state index in [1.165, 1.54) is 22.0 Å². The van der Waals surface area contributed by atoms with E-state index in [1.54, 1.807) is 6.07 Å². The van der Waals surface area contributed by atoms with Gasteiger partial charge in [0.1, 0.15) is 23.5 Å². The van der Waals surface area contributed by atoms with Crippen molar-refractivity contribution in [1.29, 1.82) is 0 Å². The summed E-state index contributed by atoms with van der Waals surface area (Å²) in [5.74, 6) is -1.39. The zero-order valence-electron chi connectivity index (χ0n) is 19.2. The zero-order chi connectivity index (χ0) is 26.5. The molecule has 16 heteroatoms. The van der Waals surface area contributed by atoms with Crippen LogP contribution >= 0.6 is 26.8 Å². The van der Waals surface area contributed by atoms with E-state index in [4.69, 9.17) is 30.6 Å². The highest BCUT2D eigenvalue weighted by Gasteiger charge is 2.46. The topological polar surface area (TPSA) is 196 Å². The third-order valence-electron chi connectivity index (χ3n) is 6.38. The molecule has 37 heavy (non-hydrogen) atoms. The second-order valence-corrected chi connectivity index (χ2v) is 13.4. The lowest BCUT2D eigenvalue weighted by molar-refractivity contribution is -0.0541. The highest BCUT2D eigenvalue weighted by atomic mass is 35.5. The summed E-state index contributed by atoms with van der Waals surface area (Å²) < 4.78 is 34.7. The predicted molar refractivity (Wildman–Crippen MR) is 132 cm³/mol. The molecule has 3 aromatic rings. The first-order valence-electron chi connectivity index (χ1n) is 11.3. The Morgan fingerprint density at radius 3 is 2.70 bits per heavy atom. The molecular formula is C21H25ClN4O9P2. The normalized spacial score (nSPS) is 27.4. The van der Waals surface area contributed by atoms with E-state index in [-0.39, 0.29) is 16.8 Å². The maximum atomic E-state index is 11.9. The predicted octanol–water partition coefficient (Wildman–Crippen LogP) is 2.14. The SMILES string of the molecule is O=P(O)(O)CP(=O)(O)OC[C@H]1O[C@@H](n2ncc3c(N[C@H]4CCc5ccccc54)cc(Cl)nc32)C(O)C1O. The van der Waals surface area contributed by atoms with Crippen LogP contribution in [0.3, 0.4) is 0 Å². The zero-order valence-corrected chi connectivity index (χ0v) is 21.7. The summed E-state index contributed by atoms with van der Waals surface area (Å²) >= 11 is 6.30. The third-order valence-corrected chi connectivity index (χ3v) is 10.0. The molecule has 1 fully saturated rings. The number of benzene rings is 1. The Morgan fingerprint density at radius 2 is 1.95 bits per heavy atom. The number of pyridine rings is 1. The van der Waals surface area contributed by atoms with E-state index in [2.05, 4.69) is 27.5 Å². The Kier molecular flexibility index (Phi) is 7.23. The van der Waals surface area contributed by atoms with Gasteiger partial charge in [0.15, 0.2) is 17.8 Å². The summed E-state index contributed by atoms with van der Waals surface area (Å²) in [7, 11) is -9.50. The van der Waals surface area contributed by atoms with E-state index >= 15 is 0 Å². The van der Waals surface area contributed by atoms with Crippen molar-refractivity contribution in [3.63, 3.8) is 0 Å². The quantitative estimate of drug-likeness (QED) is 0.170. The van der Waals surface area contributed by atoms with Gasteiger partial charge in [-0.1, -0.05) is 35.9 Å². The number of aliphatic hydroxyl groups is 2. The number of nitrogens with zero attached hydrogens (tertiary/aromatic N) is 3. The van der Waals surface area contributed by atoms with Gasteiger partial charge in [0.2, 0.25) is 0 Å². The van der Waals surface area contributed by atoms with Crippen LogP contribution in [0.1, 0.15) is 29.8 Å². The molecule has 13 nitrogen and oxygen atoms in total. The van der Waals surface area contributed by atoms with Crippen molar-refractivity contribution in [1.82, 2.24) is 14.8 Å². The monoisotopic (exact) mass is 574 g/mol. The molecule has 1 aromatic carbocycles. The fourth-order valence-electron chi connectivity index (χ4n) is 4.72. The molecule has 0 bridgehead atoms. The van der Waals surface area contributed by atoms with Crippen molar-refractivity contribution in [2.75, 3.05) is 17.8 Å². The molecule has 2 aliphatic rings. The van der Waals surface area contributed by atoms with Gasteiger partial charge in [-0.3, -0.25) is 9.13 Å². The molecule has 0 saturated carbocycles. The van der Waals surface area contributed by atoms with Gasteiger partial charge in [0, 0.05) is 0 Å². The van der Waals surface area contributed by atoms with Crippen molar-refractivity contribution in [2.45, 2.75) is 43.4 Å². The molecule has 0 spiro atoms. The number of halogens is 1. The Balaban J connectivity index is 1.37. The van der Waals surface area contributed by atoms with Crippen LogP contribution in [-0.2, 0) is 24.8 Å². The van der Waals surface area contributed by atoms with E-state index < -0.39 is 52.2 Å². The Morgan fingerprint density at radius 1 is 1.19 bits per heavy atom. The van der Waals surface area contributed by atoms with Gasteiger partial charge in [-0.2, -0.15) is 5.10 Å². The Bertz CT molecular complexity index is 1420. The summed E-state index contributed by atoms with van der Waals surface area (Å²) in [6.45, 7) is -0.705. The number of anilines is 1. The molecule has 1 aliphatic carbocycles. The number of ether oxygens (including phenoxy) is 1. The summed E-state index contributed by atoms with van der Waals surface area (Å²) in [6, 6.07) is 9.88. The van der Waals surface area contributed by atoms with Gasteiger partial charge in [0.25, 0.3) is 0 Å². The number of nitrogens with one attached hydrogen (secondary N) is 1. The fourth-order valence-corrected chi connectivity index (χ4v) is 7.48. The standard InChI is InChI=1S/C21H25ClN4O9P2/c22-17-7-15(24-14-6-5-11-3-1-2-4-12(11)14)13-8-23-26(20(13)25-17)21-19(28)18(27)16(35-21)9-34-37(32,33)10-36(29,30)31/h1-4,7-8,14,16,18-19,21,27-28H,5-6,9-10H2,(H,24,25)(H,32,33)(H2,29,30,31)/t14-,16+,18?,19?,21+/m0/s1. The Labute approximate surface area is 215 Å². The molecule has 6 atom stereocenters. The van der Waals surface area contributed by atoms with Crippen LogP contribution in [0, 0.1) is 0 Å². The van der Waals surface area contributed by atoms with Crippen LogP contribution < -0.4 is 5.32 Å². The van der Waals surface area contributed by atoms with Crippen LogP contribution in [0.4, 0.5) is 5.69 Å². The van der Waals surface area contributed by atoms with Crippen LogP contribution in [0.25, 0.3) is 11.0 Å². The van der Waals surface area contributed by atoms with Crippen molar-refractivity contribution >= 4 is 43.5 Å². The highest BCUT2D eigenvalue weighted by molar-refractivity contribution is 7.70. The summed E-state index contributed by atoms with van der Waals surface area (Å²) in [4.78, 5) is 31.9. The van der Waals surface area contributed by atoms with E-state index in [9.17, 15) is 24.2 Å². The minimum Gasteiger partial charge on any atom is -0.387 e. The summed E-state index contributed by atoms with van der Waals surface area (Å²) in [5.41, 5.74) is 3.41. The van der Waals surface area contributed by atoms with Crippen molar-refractivity contribution < 1.29 is 43.3 Å². The number of rotatable bonds is 8. The minimum absolute atomic E-state index is 0.0557. The first-order valence-corrected chi connectivity index (χ1v) is 15.3. The molecule has 1 saturated heterocycles. The molecule has 1 aliphatic heterocycles. The molecule has 0 amide bonds. The van der Waals surface area contributed by atoms with Crippen LogP contribution in [-0.4, -0.2) is 70.5 Å². The molecule has 0 radical (unpaired) electrons. The van der Waals surface area contributed by atoms with Gasteiger partial charge in [0.05, 0.1) is 29.9 Å². The average Bonchev–Trinajstić information content (AvgIpc) is 3.48. The molecule has 200 valence electrons. The molecule has 5 rings (SSSR count). The smallest absolute Gasteiger partial charge is 0.340 e. The fraction of sp³-hybridized carbons (Fsp3) is 0.429. The molecular weight excluding hydrogens is 550 g/mol. The number of hydrogen-bond donors (Lipinski definition) is 6. The van der Waals surface area contributed by atoms with E-state index in [1.807, 2.05) is 12.1 Å². The largest absolute Gasteiger partial charge is 0.387 e. The van der Waals surface area contributed by atoms with Gasteiger partial charge >= 0.3 is 15.2 Å². The number of fused-ring (bicyclic) bond motifs is 2. The number of aliphatic hydroxyl groups excluding tert-OH is 2. The number of aryl methyl sites for hydroxylation is 1. The second kappa shape index (κ2) is 10.0. The van der Waals surface area contributed by atoms with Crippen LogP contribution in [0.5, 0.6) is 0 Å². The maximum absolute atomic E-state index is 11.9. The number of aromatic nitrogens is 3. The average molecular weight is 575 g/mol. The van der Waals surface area contributed by atoms with Crippen LogP contribution in [0.2, 0.25) is 5.15 Å². The van der Waals surface area contributed by atoms with Crippen molar-refractivity contribution in [2.24, 2.45) is 0 Å². The first kappa shape index (κ1) is 26.7. The minimum atomic E-state index is -4.83. The molecule has 2 aromatic heterocycles. The van der Waals surface area contributed by atoms with Crippen molar-refractivity contribution in [3.05, 3.63) is 52.8 Å². The Hall–Kier alpha value is -1.89. The molecule has 3 heterocycles.